The molecule has 0 saturated heterocycles. The summed E-state index contributed by atoms with van der Waals surface area (Å²) in [6.07, 6.45) is 1.85. The van der Waals surface area contributed by atoms with Gasteiger partial charge in [0.25, 0.3) is 0 Å². The van der Waals surface area contributed by atoms with Crippen molar-refractivity contribution in [2.75, 3.05) is 13.3 Å². The van der Waals surface area contributed by atoms with Gasteiger partial charge in [-0.3, -0.25) is 4.98 Å². The summed E-state index contributed by atoms with van der Waals surface area (Å²) in [7, 11) is -2.24. The lowest BCUT2D eigenvalue weighted by Gasteiger charge is -2.20. The Balaban J connectivity index is 3.27. The van der Waals surface area contributed by atoms with Crippen LogP contribution in [0.4, 0.5) is 0 Å². The van der Waals surface area contributed by atoms with Crippen molar-refractivity contribution < 1.29 is 4.57 Å². The van der Waals surface area contributed by atoms with Crippen LogP contribution in [0.2, 0.25) is 0 Å². The van der Waals surface area contributed by atoms with Gasteiger partial charge in [-0.1, -0.05) is 26.8 Å². The molecule has 0 aliphatic heterocycles. The minimum atomic E-state index is -2.24. The molecule has 0 radical (unpaired) electrons. The summed E-state index contributed by atoms with van der Waals surface area (Å²) in [5, 5.41) is 0. The molecule has 0 aromatic carbocycles. The van der Waals surface area contributed by atoms with E-state index in [-0.39, 0.29) is 5.41 Å². The van der Waals surface area contributed by atoms with Gasteiger partial charge in [-0.25, -0.2) is 0 Å². The molecule has 0 N–H and O–H groups in total. The average Bonchev–Trinajstić information content (AvgIpc) is 1.99. The molecule has 0 atom stereocenters. The standard InChI is InChI=1S/C12H20NOP/c1-9-7-10(12(2,3)4)8-13-11(9)15(5,6)14/h7-8H,1-6H3. The lowest BCUT2D eigenvalue weighted by Crippen LogP contribution is -2.18. The lowest BCUT2D eigenvalue weighted by atomic mass is 9.88. The largest absolute Gasteiger partial charge is 0.318 e. The van der Waals surface area contributed by atoms with E-state index in [0.717, 1.165) is 11.0 Å². The molecule has 84 valence electrons. The summed E-state index contributed by atoms with van der Waals surface area (Å²) in [5.41, 5.74) is 3.09. The van der Waals surface area contributed by atoms with Crippen LogP contribution in [0, 0.1) is 6.92 Å². The first-order chi connectivity index (χ1) is 6.62. The SMILES string of the molecule is Cc1cc(C(C)(C)C)cnc1P(C)(C)=O. The summed E-state index contributed by atoms with van der Waals surface area (Å²) >= 11 is 0. The van der Waals surface area contributed by atoms with Crippen LogP contribution in [0.1, 0.15) is 31.9 Å². The molecule has 0 spiro atoms. The van der Waals surface area contributed by atoms with Crippen molar-refractivity contribution in [3.05, 3.63) is 23.4 Å². The Labute approximate surface area is 92.5 Å². The summed E-state index contributed by atoms with van der Waals surface area (Å²) < 4.78 is 11.9. The predicted octanol–water partition coefficient (Wildman–Crippen LogP) is 2.94. The van der Waals surface area contributed by atoms with E-state index in [1.54, 1.807) is 13.3 Å². The zero-order valence-electron chi connectivity index (χ0n) is 10.5. The van der Waals surface area contributed by atoms with Crippen LogP contribution in [-0.4, -0.2) is 18.3 Å². The summed E-state index contributed by atoms with van der Waals surface area (Å²) in [6, 6.07) is 2.10. The summed E-state index contributed by atoms with van der Waals surface area (Å²) in [5.74, 6) is 0. The van der Waals surface area contributed by atoms with Crippen molar-refractivity contribution >= 4 is 12.6 Å². The molecule has 1 rings (SSSR count). The van der Waals surface area contributed by atoms with Gasteiger partial charge in [0.15, 0.2) is 0 Å². The van der Waals surface area contributed by atoms with E-state index in [2.05, 4.69) is 31.8 Å². The van der Waals surface area contributed by atoms with E-state index in [1.165, 1.54) is 5.56 Å². The van der Waals surface area contributed by atoms with Crippen LogP contribution in [0.3, 0.4) is 0 Å². The van der Waals surface area contributed by atoms with E-state index in [4.69, 9.17) is 0 Å². The van der Waals surface area contributed by atoms with Crippen molar-refractivity contribution in [2.24, 2.45) is 0 Å². The average molecular weight is 225 g/mol. The van der Waals surface area contributed by atoms with E-state index in [0.29, 0.717) is 0 Å². The topological polar surface area (TPSA) is 30.0 Å². The van der Waals surface area contributed by atoms with E-state index >= 15 is 0 Å². The fourth-order valence-corrected chi connectivity index (χ4v) is 2.79. The highest BCUT2D eigenvalue weighted by Crippen LogP contribution is 2.35. The Kier molecular flexibility index (Phi) is 3.11. The third-order valence-electron chi connectivity index (χ3n) is 2.43. The minimum Gasteiger partial charge on any atom is -0.318 e. The van der Waals surface area contributed by atoms with E-state index in [1.807, 2.05) is 13.1 Å². The minimum absolute atomic E-state index is 0.0990. The Hall–Kier alpha value is -0.620. The molecule has 3 heteroatoms. The molecule has 0 bridgehead atoms. The predicted molar refractivity (Wildman–Crippen MR) is 66.8 cm³/mol. The molecule has 0 aliphatic carbocycles. The molecule has 1 heterocycles. The molecule has 1 aromatic heterocycles. The highest BCUT2D eigenvalue weighted by atomic mass is 31.2. The number of pyridine rings is 1. The third-order valence-corrected chi connectivity index (χ3v) is 3.92. The van der Waals surface area contributed by atoms with E-state index < -0.39 is 7.14 Å². The lowest BCUT2D eigenvalue weighted by molar-refractivity contribution is 0.583. The van der Waals surface area contributed by atoms with Gasteiger partial charge in [0, 0.05) is 6.20 Å². The number of aryl methyl sites for hydroxylation is 1. The van der Waals surface area contributed by atoms with E-state index in [9.17, 15) is 4.57 Å². The van der Waals surface area contributed by atoms with Crippen LogP contribution >= 0.6 is 7.14 Å². The monoisotopic (exact) mass is 225 g/mol. The number of nitrogens with zero attached hydrogens (tertiary/aromatic N) is 1. The normalized spacial score (nSPS) is 12.9. The van der Waals surface area contributed by atoms with Crippen molar-refractivity contribution in [3.63, 3.8) is 0 Å². The molecule has 0 saturated carbocycles. The van der Waals surface area contributed by atoms with Crippen molar-refractivity contribution in [1.82, 2.24) is 4.98 Å². The highest BCUT2D eigenvalue weighted by molar-refractivity contribution is 7.70. The van der Waals surface area contributed by atoms with Gasteiger partial charge >= 0.3 is 0 Å². The second-order valence-corrected chi connectivity index (χ2v) is 8.59. The Morgan fingerprint density at radius 3 is 2.13 bits per heavy atom. The van der Waals surface area contributed by atoms with Crippen LogP contribution in [0.25, 0.3) is 0 Å². The molecule has 2 nitrogen and oxygen atoms in total. The fourth-order valence-electron chi connectivity index (χ4n) is 1.54. The molecular formula is C12H20NOP. The number of rotatable bonds is 1. The quantitative estimate of drug-likeness (QED) is 0.688. The van der Waals surface area contributed by atoms with Gasteiger partial charge in [0.2, 0.25) is 0 Å². The van der Waals surface area contributed by atoms with Gasteiger partial charge in [-0.2, -0.15) is 0 Å². The Bertz CT molecular complexity index is 412. The van der Waals surface area contributed by atoms with Gasteiger partial charge in [0.05, 0.1) is 0 Å². The van der Waals surface area contributed by atoms with Gasteiger partial charge in [-0.15, -0.1) is 0 Å². The zero-order valence-corrected chi connectivity index (χ0v) is 11.4. The zero-order chi connectivity index (χ0) is 11.9. The summed E-state index contributed by atoms with van der Waals surface area (Å²) in [6.45, 7) is 12.0. The maximum atomic E-state index is 11.9. The third kappa shape index (κ3) is 2.92. The Morgan fingerprint density at radius 1 is 1.27 bits per heavy atom. The van der Waals surface area contributed by atoms with Crippen molar-refractivity contribution in [2.45, 2.75) is 33.1 Å². The molecule has 0 amide bonds. The molecule has 15 heavy (non-hydrogen) atoms. The molecular weight excluding hydrogens is 205 g/mol. The van der Waals surface area contributed by atoms with Gasteiger partial charge in [-0.05, 0) is 36.8 Å². The molecule has 1 aromatic rings. The first kappa shape index (κ1) is 12.4. The number of hydrogen-bond acceptors (Lipinski definition) is 2. The van der Waals surface area contributed by atoms with Crippen LogP contribution in [-0.2, 0) is 9.98 Å². The van der Waals surface area contributed by atoms with Gasteiger partial charge in [0.1, 0.15) is 12.6 Å². The van der Waals surface area contributed by atoms with Crippen molar-refractivity contribution in [3.8, 4) is 0 Å². The Morgan fingerprint density at radius 2 is 1.80 bits per heavy atom. The molecule has 0 aliphatic rings. The van der Waals surface area contributed by atoms with Gasteiger partial charge < -0.3 is 4.57 Å². The first-order valence-electron chi connectivity index (χ1n) is 5.15. The van der Waals surface area contributed by atoms with Crippen molar-refractivity contribution in [1.29, 1.82) is 0 Å². The highest BCUT2D eigenvalue weighted by Gasteiger charge is 2.19. The molecule has 0 fully saturated rings. The van der Waals surface area contributed by atoms with Crippen LogP contribution in [0.5, 0.6) is 0 Å². The maximum Gasteiger partial charge on any atom is 0.127 e. The smallest absolute Gasteiger partial charge is 0.127 e. The van der Waals surface area contributed by atoms with Crippen LogP contribution < -0.4 is 5.44 Å². The maximum absolute atomic E-state index is 11.9. The molecule has 0 unspecified atom stereocenters. The summed E-state index contributed by atoms with van der Waals surface area (Å²) in [4.78, 5) is 4.35. The number of hydrogen-bond donors (Lipinski definition) is 0. The fraction of sp³-hybridized carbons (Fsp3) is 0.583. The second kappa shape index (κ2) is 3.75. The second-order valence-electron chi connectivity index (χ2n) is 5.47. The van der Waals surface area contributed by atoms with Crippen LogP contribution in [0.15, 0.2) is 12.3 Å². The number of aromatic nitrogens is 1. The first-order valence-corrected chi connectivity index (χ1v) is 7.75.